The Labute approximate surface area is 236 Å². The maximum Gasteiger partial charge on any atom is 0.323 e. The van der Waals surface area contributed by atoms with Crippen LogP contribution < -0.4 is 15.4 Å². The lowest BCUT2D eigenvalue weighted by molar-refractivity contribution is 0.262. The number of fused-ring (bicyclic) bond motifs is 1. The van der Waals surface area contributed by atoms with E-state index in [-0.39, 0.29) is 11.6 Å². The van der Waals surface area contributed by atoms with Crippen LogP contribution >= 0.6 is 0 Å². The number of ether oxygens (including phenoxy) is 1. The Morgan fingerprint density at radius 1 is 0.902 bits per heavy atom. The van der Waals surface area contributed by atoms with E-state index >= 15 is 0 Å². The zero-order valence-electron chi connectivity index (χ0n) is 22.8. The molecule has 0 aliphatic rings. The van der Waals surface area contributed by atoms with Crippen molar-refractivity contribution in [3.8, 4) is 34.0 Å². The first-order valence-corrected chi connectivity index (χ1v) is 13.1. The molecule has 2 aromatic carbocycles. The Morgan fingerprint density at radius 3 is 2.54 bits per heavy atom. The Kier molecular flexibility index (Phi) is 6.64. The van der Waals surface area contributed by atoms with E-state index in [1.54, 1.807) is 55.1 Å². The molecule has 3 N–H and O–H groups in total. The van der Waals surface area contributed by atoms with Crippen LogP contribution in [0.4, 0.5) is 16.2 Å². The van der Waals surface area contributed by atoms with Crippen molar-refractivity contribution < 1.29 is 9.53 Å². The van der Waals surface area contributed by atoms with Gasteiger partial charge in [-0.05, 0) is 69.3 Å². The number of urea groups is 1. The van der Waals surface area contributed by atoms with E-state index in [1.807, 2.05) is 47.3 Å². The molecule has 0 bridgehead atoms. The van der Waals surface area contributed by atoms with Gasteiger partial charge in [0.2, 0.25) is 0 Å². The fraction of sp³-hybridized carbons (Fsp3) is 0.129. The van der Waals surface area contributed by atoms with Crippen molar-refractivity contribution in [2.45, 2.75) is 26.3 Å². The van der Waals surface area contributed by atoms with Crippen LogP contribution in [0.15, 0.2) is 97.7 Å². The molecule has 0 unspecified atom stereocenters. The molecule has 0 atom stereocenters. The average molecular weight is 545 g/mol. The first-order valence-electron chi connectivity index (χ1n) is 13.1. The highest BCUT2D eigenvalue weighted by atomic mass is 16.5. The van der Waals surface area contributed by atoms with Gasteiger partial charge in [-0.3, -0.25) is 19.7 Å². The molecule has 4 aromatic heterocycles. The number of anilines is 2. The predicted octanol–water partition coefficient (Wildman–Crippen LogP) is 7.07. The van der Waals surface area contributed by atoms with Gasteiger partial charge >= 0.3 is 6.03 Å². The van der Waals surface area contributed by atoms with Gasteiger partial charge in [-0.1, -0.05) is 12.1 Å². The van der Waals surface area contributed by atoms with Gasteiger partial charge in [0.25, 0.3) is 0 Å². The number of carbonyl (C=O) groups is 1. The van der Waals surface area contributed by atoms with Crippen LogP contribution in [-0.2, 0) is 5.54 Å². The van der Waals surface area contributed by atoms with Crippen LogP contribution in [0.3, 0.4) is 0 Å². The molecule has 0 saturated heterocycles. The van der Waals surface area contributed by atoms with Gasteiger partial charge in [-0.2, -0.15) is 10.2 Å². The number of hydrogen-bond donors (Lipinski definition) is 3. The minimum absolute atomic E-state index is 0.270. The largest absolute Gasteiger partial charge is 0.457 e. The van der Waals surface area contributed by atoms with Crippen molar-refractivity contribution in [1.29, 1.82) is 0 Å². The highest BCUT2D eigenvalue weighted by Crippen LogP contribution is 2.31. The van der Waals surface area contributed by atoms with Crippen molar-refractivity contribution in [3.63, 3.8) is 0 Å². The van der Waals surface area contributed by atoms with Crippen molar-refractivity contribution in [2.75, 3.05) is 10.6 Å². The van der Waals surface area contributed by atoms with Gasteiger partial charge in [0.15, 0.2) is 0 Å². The third kappa shape index (κ3) is 5.76. The molecule has 2 amide bonds. The fourth-order valence-electron chi connectivity index (χ4n) is 4.30. The summed E-state index contributed by atoms with van der Waals surface area (Å²) in [5.74, 6) is 1.27. The molecule has 0 saturated carbocycles. The van der Waals surface area contributed by atoms with E-state index in [9.17, 15) is 4.79 Å². The zero-order chi connectivity index (χ0) is 28.4. The van der Waals surface area contributed by atoms with E-state index in [0.29, 0.717) is 28.6 Å². The molecule has 0 aliphatic carbocycles. The van der Waals surface area contributed by atoms with E-state index in [2.05, 4.69) is 51.6 Å². The number of benzene rings is 2. The molecule has 0 aliphatic heterocycles. The smallest absolute Gasteiger partial charge is 0.323 e. The maximum atomic E-state index is 13.0. The van der Waals surface area contributed by atoms with E-state index in [4.69, 9.17) is 9.84 Å². The second-order valence-corrected chi connectivity index (χ2v) is 10.5. The summed E-state index contributed by atoms with van der Waals surface area (Å²) in [4.78, 5) is 21.8. The second-order valence-electron chi connectivity index (χ2n) is 10.5. The number of nitrogens with one attached hydrogen (secondary N) is 3. The van der Waals surface area contributed by atoms with E-state index in [1.165, 1.54) is 0 Å². The molecular weight excluding hydrogens is 516 g/mol. The number of amides is 2. The van der Waals surface area contributed by atoms with Crippen molar-refractivity contribution in [1.82, 2.24) is 29.9 Å². The Bertz CT molecular complexity index is 1820. The Hall–Kier alpha value is -5.51. The Balaban J connectivity index is 1.17. The first kappa shape index (κ1) is 25.8. The highest BCUT2D eigenvalue weighted by Gasteiger charge is 2.21. The summed E-state index contributed by atoms with van der Waals surface area (Å²) in [7, 11) is 0. The molecule has 41 heavy (non-hydrogen) atoms. The number of aromatic nitrogens is 6. The lowest BCUT2D eigenvalue weighted by atomic mass is 10.1. The van der Waals surface area contributed by atoms with E-state index in [0.717, 1.165) is 27.7 Å². The van der Waals surface area contributed by atoms with Crippen molar-refractivity contribution in [3.05, 3.63) is 97.7 Å². The van der Waals surface area contributed by atoms with Crippen LogP contribution in [0.2, 0.25) is 0 Å². The summed E-state index contributed by atoms with van der Waals surface area (Å²) in [6.45, 7) is 6.18. The lowest BCUT2D eigenvalue weighted by Crippen LogP contribution is -2.22. The number of pyridine rings is 2. The number of H-pyrrole nitrogens is 1. The van der Waals surface area contributed by atoms with Crippen LogP contribution in [0, 0.1) is 0 Å². The van der Waals surface area contributed by atoms with Gasteiger partial charge in [0, 0.05) is 53.1 Å². The molecule has 4 heterocycles. The van der Waals surface area contributed by atoms with Crippen LogP contribution in [0.5, 0.6) is 11.5 Å². The normalized spacial score (nSPS) is 11.4. The maximum absolute atomic E-state index is 13.0. The molecule has 0 spiro atoms. The molecular formula is C31H28N8O2. The molecule has 6 aromatic rings. The number of nitrogens with zero attached hydrogens (tertiary/aromatic N) is 5. The number of aromatic amines is 1. The standard InChI is InChI=1S/C31H28N8O2/c1-31(2,3)39-19-28(29(38-39)21-6-11-26-20(15-21)5-4-13-32-26)37-30(40)36-23-7-9-24(10-8-23)41-25-12-14-33-27(16-25)22-17-34-35-18-22/h4-19H,1-3H3,(H,34,35)(H2,36,37,40). The highest BCUT2D eigenvalue weighted by molar-refractivity contribution is 6.02. The topological polar surface area (TPSA) is 123 Å². The van der Waals surface area contributed by atoms with Crippen LogP contribution in [0.1, 0.15) is 20.8 Å². The van der Waals surface area contributed by atoms with Crippen molar-refractivity contribution in [2.24, 2.45) is 0 Å². The number of carbonyl (C=O) groups excluding carboxylic acids is 1. The second kappa shape index (κ2) is 10.6. The van der Waals surface area contributed by atoms with Crippen LogP contribution in [-0.4, -0.2) is 36.0 Å². The SMILES string of the molecule is CC(C)(C)n1cc(NC(=O)Nc2ccc(Oc3ccnc(-c4cn[nH]c4)c3)cc2)c(-c2ccc3ncccc3c2)n1. The van der Waals surface area contributed by atoms with Gasteiger partial charge in [-0.25, -0.2) is 4.79 Å². The molecule has 6 rings (SSSR count). The van der Waals surface area contributed by atoms with Gasteiger partial charge in [-0.15, -0.1) is 0 Å². The number of hydrogen-bond acceptors (Lipinski definition) is 6. The van der Waals surface area contributed by atoms with Gasteiger partial charge < -0.3 is 15.4 Å². The summed E-state index contributed by atoms with van der Waals surface area (Å²) in [5, 5.41) is 18.4. The van der Waals surface area contributed by atoms with Crippen molar-refractivity contribution >= 4 is 28.3 Å². The summed E-state index contributed by atoms with van der Waals surface area (Å²) in [5.41, 5.74) is 5.03. The molecule has 10 heteroatoms. The van der Waals surface area contributed by atoms with E-state index < -0.39 is 0 Å². The molecule has 0 radical (unpaired) electrons. The minimum atomic E-state index is -0.380. The summed E-state index contributed by atoms with van der Waals surface area (Å²) in [6, 6.07) is 20.2. The van der Waals surface area contributed by atoms with Crippen LogP contribution in [0.25, 0.3) is 33.4 Å². The molecule has 10 nitrogen and oxygen atoms in total. The zero-order valence-corrected chi connectivity index (χ0v) is 22.8. The fourth-order valence-corrected chi connectivity index (χ4v) is 4.30. The lowest BCUT2D eigenvalue weighted by Gasteiger charge is -2.18. The number of rotatable bonds is 6. The molecule has 204 valence electrons. The Morgan fingerprint density at radius 2 is 1.76 bits per heavy atom. The summed E-state index contributed by atoms with van der Waals surface area (Å²) < 4.78 is 7.84. The minimum Gasteiger partial charge on any atom is -0.457 e. The summed E-state index contributed by atoms with van der Waals surface area (Å²) >= 11 is 0. The average Bonchev–Trinajstić information content (AvgIpc) is 3.65. The monoisotopic (exact) mass is 544 g/mol. The van der Waals surface area contributed by atoms with Gasteiger partial charge in [0.1, 0.15) is 17.2 Å². The third-order valence-corrected chi connectivity index (χ3v) is 6.40. The molecule has 0 fully saturated rings. The predicted molar refractivity (Wildman–Crippen MR) is 159 cm³/mol. The third-order valence-electron chi connectivity index (χ3n) is 6.40. The first-order chi connectivity index (χ1) is 19.8. The van der Waals surface area contributed by atoms with Gasteiger partial charge in [0.05, 0.1) is 28.6 Å². The summed E-state index contributed by atoms with van der Waals surface area (Å²) in [6.07, 6.45) is 8.78. The quantitative estimate of drug-likeness (QED) is 0.206.